The van der Waals surface area contributed by atoms with Gasteiger partial charge in [-0.15, -0.1) is 11.3 Å². The van der Waals surface area contributed by atoms with Crippen molar-refractivity contribution in [2.45, 2.75) is 47.9 Å². The van der Waals surface area contributed by atoms with Gasteiger partial charge in [0, 0.05) is 27.7 Å². The van der Waals surface area contributed by atoms with E-state index in [1.54, 1.807) is 23.1 Å². The van der Waals surface area contributed by atoms with Crippen LogP contribution in [0.3, 0.4) is 0 Å². The molecule has 2 amide bonds. The van der Waals surface area contributed by atoms with Crippen LogP contribution in [0, 0.1) is 12.8 Å². The Morgan fingerprint density at radius 3 is 2.46 bits per heavy atom. The molecule has 1 aromatic heterocycles. The maximum Gasteiger partial charge on any atom is 0.319 e. The quantitative estimate of drug-likeness (QED) is 0.704. The molecule has 3 N–H and O–H groups in total. The Bertz CT molecular complexity index is 768. The zero-order chi connectivity index (χ0) is 18.5. The van der Waals surface area contributed by atoms with Crippen molar-refractivity contribution in [2.75, 3.05) is 5.32 Å². The lowest BCUT2D eigenvalue weighted by molar-refractivity contribution is -0.142. The molecule has 138 valence electrons. The number of aryl methyl sites for hydroxylation is 1. The van der Waals surface area contributed by atoms with Gasteiger partial charge >= 0.3 is 12.0 Å². The van der Waals surface area contributed by atoms with Crippen LogP contribution in [0.25, 0.3) is 0 Å². The monoisotopic (exact) mass is 391 g/mol. The number of anilines is 1. The summed E-state index contributed by atoms with van der Waals surface area (Å²) in [4.78, 5) is 28.6. The number of hydrogen-bond donors (Lipinski definition) is 3. The minimum Gasteiger partial charge on any atom is -0.481 e. The minimum atomic E-state index is -0.737. The first-order chi connectivity index (χ1) is 12.5. The third-order valence-corrected chi connectivity index (χ3v) is 6.39. The maximum absolute atomic E-state index is 12.1. The third kappa shape index (κ3) is 5.22. The standard InChI is InChI=1S/C18H21N3O3S2/c1-11-10-25-18(19-11)26-15-8-6-14(7-9-15)21-17(24)20-13-4-2-12(3-5-13)16(22)23/h6-10,12-13H,2-5H2,1H3,(H,22,23)(H2,20,21,24). The molecule has 6 nitrogen and oxygen atoms in total. The van der Waals surface area contributed by atoms with Gasteiger partial charge in [0.15, 0.2) is 4.34 Å². The molecule has 1 aromatic carbocycles. The van der Waals surface area contributed by atoms with E-state index >= 15 is 0 Å². The largest absolute Gasteiger partial charge is 0.481 e. The summed E-state index contributed by atoms with van der Waals surface area (Å²) in [7, 11) is 0. The first-order valence-corrected chi connectivity index (χ1v) is 10.2. The van der Waals surface area contributed by atoms with Crippen LogP contribution in [0.2, 0.25) is 0 Å². The number of urea groups is 1. The van der Waals surface area contributed by atoms with Gasteiger partial charge in [-0.1, -0.05) is 11.8 Å². The molecule has 3 rings (SSSR count). The summed E-state index contributed by atoms with van der Waals surface area (Å²) in [6, 6.07) is 7.42. The summed E-state index contributed by atoms with van der Waals surface area (Å²) in [5.41, 5.74) is 1.74. The minimum absolute atomic E-state index is 0.0357. The summed E-state index contributed by atoms with van der Waals surface area (Å²) >= 11 is 3.21. The zero-order valence-corrected chi connectivity index (χ0v) is 16.0. The Kier molecular flexibility index (Phi) is 6.16. The van der Waals surface area contributed by atoms with E-state index in [0.29, 0.717) is 25.7 Å². The smallest absolute Gasteiger partial charge is 0.319 e. The summed E-state index contributed by atoms with van der Waals surface area (Å²) in [6.07, 6.45) is 2.63. The van der Waals surface area contributed by atoms with Gasteiger partial charge in [0.05, 0.1) is 5.92 Å². The van der Waals surface area contributed by atoms with E-state index in [1.807, 2.05) is 36.6 Å². The lowest BCUT2D eigenvalue weighted by Crippen LogP contribution is -2.40. The normalized spacial score (nSPS) is 19.7. The topological polar surface area (TPSA) is 91.3 Å². The van der Waals surface area contributed by atoms with Crippen LogP contribution in [-0.4, -0.2) is 28.1 Å². The highest BCUT2D eigenvalue weighted by molar-refractivity contribution is 8.01. The van der Waals surface area contributed by atoms with Gasteiger partial charge in [-0.05, 0) is 56.9 Å². The van der Waals surface area contributed by atoms with Crippen LogP contribution in [0.5, 0.6) is 0 Å². The fourth-order valence-corrected chi connectivity index (χ4v) is 4.73. The molecule has 0 bridgehead atoms. The van der Waals surface area contributed by atoms with E-state index in [0.717, 1.165) is 20.6 Å². The van der Waals surface area contributed by atoms with Gasteiger partial charge in [0.1, 0.15) is 0 Å². The number of carbonyl (C=O) groups excluding carboxylic acids is 1. The zero-order valence-electron chi connectivity index (χ0n) is 14.4. The Hall–Kier alpha value is -2.06. The second-order valence-electron chi connectivity index (χ2n) is 6.37. The van der Waals surface area contributed by atoms with Crippen LogP contribution in [0.15, 0.2) is 38.9 Å². The van der Waals surface area contributed by atoms with E-state index in [2.05, 4.69) is 15.6 Å². The molecule has 1 aliphatic carbocycles. The van der Waals surface area contributed by atoms with Crippen molar-refractivity contribution in [3.05, 3.63) is 35.3 Å². The number of nitrogens with one attached hydrogen (secondary N) is 2. The molecule has 26 heavy (non-hydrogen) atoms. The molecule has 1 heterocycles. The molecule has 0 spiro atoms. The number of amides is 2. The van der Waals surface area contributed by atoms with Gasteiger partial charge in [0.2, 0.25) is 0 Å². The van der Waals surface area contributed by atoms with Crippen LogP contribution >= 0.6 is 23.1 Å². The van der Waals surface area contributed by atoms with E-state index in [-0.39, 0.29) is 18.0 Å². The summed E-state index contributed by atoms with van der Waals surface area (Å²) < 4.78 is 0.998. The van der Waals surface area contributed by atoms with Crippen molar-refractivity contribution >= 4 is 40.8 Å². The van der Waals surface area contributed by atoms with Gasteiger partial charge in [-0.25, -0.2) is 9.78 Å². The van der Waals surface area contributed by atoms with Crippen molar-refractivity contribution in [3.63, 3.8) is 0 Å². The number of hydrogen-bond acceptors (Lipinski definition) is 5. The fourth-order valence-electron chi connectivity index (χ4n) is 2.92. The summed E-state index contributed by atoms with van der Waals surface area (Å²) in [6.45, 7) is 1.97. The molecule has 8 heteroatoms. The Morgan fingerprint density at radius 2 is 1.88 bits per heavy atom. The number of carbonyl (C=O) groups is 2. The maximum atomic E-state index is 12.1. The lowest BCUT2D eigenvalue weighted by Gasteiger charge is -2.26. The molecule has 2 aromatic rings. The van der Waals surface area contributed by atoms with Gasteiger partial charge < -0.3 is 15.7 Å². The van der Waals surface area contributed by atoms with Crippen LogP contribution in [0.1, 0.15) is 31.4 Å². The SMILES string of the molecule is Cc1csc(Sc2ccc(NC(=O)NC3CCC(C(=O)O)CC3)cc2)n1. The molecule has 1 fully saturated rings. The molecule has 0 radical (unpaired) electrons. The van der Waals surface area contributed by atoms with E-state index in [4.69, 9.17) is 5.11 Å². The average Bonchev–Trinajstić information content (AvgIpc) is 3.02. The van der Waals surface area contributed by atoms with E-state index < -0.39 is 5.97 Å². The third-order valence-electron chi connectivity index (χ3n) is 4.33. The molecule has 1 saturated carbocycles. The number of nitrogens with zero attached hydrogens (tertiary/aromatic N) is 1. The van der Waals surface area contributed by atoms with E-state index in [9.17, 15) is 9.59 Å². The molecular weight excluding hydrogens is 370 g/mol. The highest BCUT2D eigenvalue weighted by Crippen LogP contribution is 2.31. The number of carboxylic acid groups (broad SMARTS) is 1. The molecule has 1 aliphatic rings. The molecule has 0 saturated heterocycles. The van der Waals surface area contributed by atoms with Gasteiger partial charge in [-0.3, -0.25) is 4.79 Å². The summed E-state index contributed by atoms with van der Waals surface area (Å²) in [5, 5.41) is 16.8. The Labute approximate surface area is 160 Å². The molecule has 0 aliphatic heterocycles. The first-order valence-electron chi connectivity index (χ1n) is 8.50. The number of carboxylic acids is 1. The van der Waals surface area contributed by atoms with Crippen LogP contribution in [-0.2, 0) is 4.79 Å². The van der Waals surface area contributed by atoms with Crippen molar-refractivity contribution in [3.8, 4) is 0 Å². The second-order valence-corrected chi connectivity index (χ2v) is 8.55. The van der Waals surface area contributed by atoms with Crippen molar-refractivity contribution in [1.29, 1.82) is 0 Å². The number of thiazole rings is 1. The fraction of sp³-hybridized carbons (Fsp3) is 0.389. The molecule has 0 unspecified atom stereocenters. The molecular formula is C18H21N3O3S2. The van der Waals surface area contributed by atoms with Gasteiger partial charge in [0.25, 0.3) is 0 Å². The Balaban J connectivity index is 1.46. The predicted octanol–water partition coefficient (Wildman–Crippen LogP) is 4.37. The van der Waals surface area contributed by atoms with Crippen LogP contribution in [0.4, 0.5) is 10.5 Å². The lowest BCUT2D eigenvalue weighted by atomic mass is 9.86. The average molecular weight is 392 g/mol. The highest BCUT2D eigenvalue weighted by atomic mass is 32.2. The molecule has 0 atom stereocenters. The predicted molar refractivity (Wildman–Crippen MR) is 103 cm³/mol. The number of rotatable bonds is 5. The number of aliphatic carboxylic acids is 1. The highest BCUT2D eigenvalue weighted by Gasteiger charge is 2.26. The van der Waals surface area contributed by atoms with Crippen molar-refractivity contribution in [2.24, 2.45) is 5.92 Å². The number of benzene rings is 1. The number of aromatic nitrogens is 1. The van der Waals surface area contributed by atoms with Crippen molar-refractivity contribution in [1.82, 2.24) is 10.3 Å². The van der Waals surface area contributed by atoms with Crippen molar-refractivity contribution < 1.29 is 14.7 Å². The first kappa shape index (κ1) is 18.7. The summed E-state index contributed by atoms with van der Waals surface area (Å²) in [5.74, 6) is -1.01. The van der Waals surface area contributed by atoms with Crippen LogP contribution < -0.4 is 10.6 Å². The van der Waals surface area contributed by atoms with E-state index in [1.165, 1.54) is 0 Å². The van der Waals surface area contributed by atoms with Gasteiger partial charge in [-0.2, -0.15) is 0 Å². The Morgan fingerprint density at radius 1 is 1.19 bits per heavy atom. The second kappa shape index (κ2) is 8.55.